The fourth-order valence-corrected chi connectivity index (χ4v) is 1.99. The van der Waals surface area contributed by atoms with Gasteiger partial charge in [-0.3, -0.25) is 4.79 Å². The maximum absolute atomic E-state index is 12.0. The summed E-state index contributed by atoms with van der Waals surface area (Å²) >= 11 is 5.65. The smallest absolute Gasteiger partial charge is 0.321 e. The van der Waals surface area contributed by atoms with Crippen LogP contribution >= 0.6 is 11.6 Å². The van der Waals surface area contributed by atoms with Crippen molar-refractivity contribution < 1.29 is 14.3 Å². The number of halogens is 1. The first-order chi connectivity index (χ1) is 11.6. The molecule has 2 aromatic heterocycles. The first-order valence-corrected chi connectivity index (χ1v) is 7.26. The zero-order valence-corrected chi connectivity index (χ0v) is 13.0. The van der Waals surface area contributed by atoms with E-state index in [0.29, 0.717) is 22.0 Å². The molecule has 0 bridgehead atoms. The van der Waals surface area contributed by atoms with Gasteiger partial charge >= 0.3 is 5.91 Å². The van der Waals surface area contributed by atoms with Gasteiger partial charge in [-0.25, -0.2) is 0 Å². The predicted molar refractivity (Wildman–Crippen MR) is 86.9 cm³/mol. The molecule has 8 heteroatoms. The van der Waals surface area contributed by atoms with Crippen LogP contribution in [0, 0.1) is 5.21 Å². The van der Waals surface area contributed by atoms with E-state index < -0.39 is 5.91 Å². The van der Waals surface area contributed by atoms with Gasteiger partial charge in [-0.05, 0) is 36.4 Å². The first-order valence-electron chi connectivity index (χ1n) is 6.88. The summed E-state index contributed by atoms with van der Waals surface area (Å²) in [7, 11) is 0. The van der Waals surface area contributed by atoms with Crippen LogP contribution < -0.4 is 14.8 Å². The van der Waals surface area contributed by atoms with Crippen molar-refractivity contribution in [2.75, 3.05) is 5.32 Å². The summed E-state index contributed by atoms with van der Waals surface area (Å²) in [5.74, 6) is 0.318. The Bertz CT molecular complexity index is 854. The van der Waals surface area contributed by atoms with Crippen molar-refractivity contribution in [2.45, 2.75) is 0 Å². The molecule has 0 spiro atoms. The summed E-state index contributed by atoms with van der Waals surface area (Å²) in [4.78, 5) is 12.0. The Hall–Kier alpha value is -3.19. The fraction of sp³-hybridized carbons (Fsp3) is 0. The van der Waals surface area contributed by atoms with E-state index in [1.807, 2.05) is 0 Å². The van der Waals surface area contributed by atoms with E-state index >= 15 is 0 Å². The summed E-state index contributed by atoms with van der Waals surface area (Å²) < 4.78 is 6.00. The van der Waals surface area contributed by atoms with Gasteiger partial charge in [0.1, 0.15) is 5.75 Å². The summed E-state index contributed by atoms with van der Waals surface area (Å²) in [6.45, 7) is 0. The number of carbonyl (C=O) groups is 1. The van der Waals surface area contributed by atoms with Crippen LogP contribution in [0.25, 0.3) is 0 Å². The number of ether oxygens (including phenoxy) is 1. The van der Waals surface area contributed by atoms with E-state index in [1.165, 1.54) is 12.3 Å². The molecule has 0 atom stereocenters. The molecule has 0 fully saturated rings. The second kappa shape index (κ2) is 6.93. The Morgan fingerprint density at radius 3 is 2.54 bits per heavy atom. The SMILES string of the molecule is O=C(Nc1ccc(Oc2ccc(Cl)nn2)cc1)c1cccc[n+]1[O-]. The lowest BCUT2D eigenvalue weighted by molar-refractivity contribution is -0.607. The number of nitrogens with one attached hydrogen (secondary N) is 1. The number of hydrogen-bond acceptors (Lipinski definition) is 5. The van der Waals surface area contributed by atoms with E-state index in [9.17, 15) is 10.0 Å². The molecule has 2 heterocycles. The minimum absolute atomic E-state index is 0.00858. The molecule has 1 N–H and O–H groups in total. The molecule has 1 amide bonds. The molecule has 3 rings (SSSR count). The lowest BCUT2D eigenvalue weighted by Gasteiger charge is -2.07. The third-order valence-electron chi connectivity index (χ3n) is 3.00. The van der Waals surface area contributed by atoms with Gasteiger partial charge in [0.25, 0.3) is 5.69 Å². The van der Waals surface area contributed by atoms with Gasteiger partial charge in [-0.1, -0.05) is 11.6 Å². The van der Waals surface area contributed by atoms with Crippen molar-refractivity contribution in [3.05, 3.63) is 76.8 Å². The lowest BCUT2D eigenvalue weighted by Crippen LogP contribution is -2.36. The molecule has 24 heavy (non-hydrogen) atoms. The highest BCUT2D eigenvalue weighted by Gasteiger charge is 2.14. The van der Waals surface area contributed by atoms with Gasteiger partial charge in [-0.2, -0.15) is 4.73 Å². The van der Waals surface area contributed by atoms with Crippen LogP contribution in [0.3, 0.4) is 0 Å². The number of rotatable bonds is 4. The van der Waals surface area contributed by atoms with Crippen LogP contribution in [-0.4, -0.2) is 16.1 Å². The summed E-state index contributed by atoms with van der Waals surface area (Å²) in [5, 5.41) is 21.9. The van der Waals surface area contributed by atoms with Crippen molar-refractivity contribution in [2.24, 2.45) is 0 Å². The Balaban J connectivity index is 1.67. The van der Waals surface area contributed by atoms with Crippen molar-refractivity contribution in [1.82, 2.24) is 10.2 Å². The van der Waals surface area contributed by atoms with Crippen LogP contribution in [0.1, 0.15) is 10.5 Å². The van der Waals surface area contributed by atoms with Gasteiger partial charge < -0.3 is 15.3 Å². The van der Waals surface area contributed by atoms with Crippen LogP contribution in [0.4, 0.5) is 5.69 Å². The maximum Gasteiger partial charge on any atom is 0.321 e. The monoisotopic (exact) mass is 342 g/mol. The first kappa shape index (κ1) is 15.7. The van der Waals surface area contributed by atoms with Crippen molar-refractivity contribution in [3.63, 3.8) is 0 Å². The molecular formula is C16H11ClN4O3. The van der Waals surface area contributed by atoms with E-state index in [2.05, 4.69) is 15.5 Å². The van der Waals surface area contributed by atoms with Gasteiger partial charge in [-0.15, -0.1) is 10.2 Å². The molecule has 0 saturated carbocycles. The van der Waals surface area contributed by atoms with Crippen LogP contribution in [-0.2, 0) is 0 Å². The van der Waals surface area contributed by atoms with E-state index in [0.717, 1.165) is 0 Å². The molecule has 0 aliphatic carbocycles. The fourth-order valence-electron chi connectivity index (χ4n) is 1.88. The number of amides is 1. The Morgan fingerprint density at radius 2 is 1.88 bits per heavy atom. The molecular weight excluding hydrogens is 332 g/mol. The van der Waals surface area contributed by atoms with E-state index in [-0.39, 0.29) is 10.8 Å². The van der Waals surface area contributed by atoms with E-state index in [1.54, 1.807) is 48.5 Å². The van der Waals surface area contributed by atoms with Gasteiger partial charge in [0.05, 0.1) is 0 Å². The van der Waals surface area contributed by atoms with Gasteiger partial charge in [0.15, 0.2) is 11.3 Å². The third kappa shape index (κ3) is 3.76. The predicted octanol–water partition coefficient (Wildman–Crippen LogP) is 2.81. The highest BCUT2D eigenvalue weighted by Crippen LogP contribution is 2.21. The summed E-state index contributed by atoms with van der Waals surface area (Å²) in [5.41, 5.74) is 0.535. The van der Waals surface area contributed by atoms with Crippen LogP contribution in [0.2, 0.25) is 5.15 Å². The number of aromatic nitrogens is 3. The van der Waals surface area contributed by atoms with Crippen LogP contribution in [0.5, 0.6) is 11.6 Å². The number of hydrogen-bond donors (Lipinski definition) is 1. The lowest BCUT2D eigenvalue weighted by atomic mass is 10.2. The second-order valence-corrected chi connectivity index (χ2v) is 5.07. The van der Waals surface area contributed by atoms with Crippen LogP contribution in [0.15, 0.2) is 60.8 Å². The number of anilines is 1. The molecule has 120 valence electrons. The molecule has 3 aromatic rings. The highest BCUT2D eigenvalue weighted by atomic mass is 35.5. The van der Waals surface area contributed by atoms with E-state index in [4.69, 9.17) is 16.3 Å². The topological polar surface area (TPSA) is 91.0 Å². The highest BCUT2D eigenvalue weighted by molar-refractivity contribution is 6.29. The zero-order valence-electron chi connectivity index (χ0n) is 12.2. The largest absolute Gasteiger partial charge is 0.618 e. The number of pyridine rings is 1. The molecule has 0 radical (unpaired) electrons. The Morgan fingerprint density at radius 1 is 1.08 bits per heavy atom. The van der Waals surface area contributed by atoms with Gasteiger partial charge in [0.2, 0.25) is 5.88 Å². The Labute approximate surface area is 142 Å². The van der Waals surface area contributed by atoms with Crippen molar-refractivity contribution in [1.29, 1.82) is 0 Å². The normalized spacial score (nSPS) is 10.2. The molecule has 0 saturated heterocycles. The molecule has 7 nitrogen and oxygen atoms in total. The number of nitrogens with zero attached hydrogens (tertiary/aromatic N) is 3. The molecule has 0 unspecified atom stereocenters. The minimum Gasteiger partial charge on any atom is -0.618 e. The summed E-state index contributed by atoms with van der Waals surface area (Å²) in [6, 6.07) is 14.4. The second-order valence-electron chi connectivity index (χ2n) is 4.69. The molecule has 1 aromatic carbocycles. The Kier molecular flexibility index (Phi) is 4.53. The average molecular weight is 343 g/mol. The standard InChI is InChI=1S/C16H11ClN4O3/c17-14-8-9-15(20-19-14)24-12-6-4-11(5-7-12)18-16(22)13-3-1-2-10-21(13)23/h1-10H,(H,18,22). The minimum atomic E-state index is -0.497. The summed E-state index contributed by atoms with van der Waals surface area (Å²) in [6.07, 6.45) is 1.26. The zero-order chi connectivity index (χ0) is 16.9. The van der Waals surface area contributed by atoms with Crippen molar-refractivity contribution in [3.8, 4) is 11.6 Å². The average Bonchev–Trinajstić information content (AvgIpc) is 2.59. The quantitative estimate of drug-likeness (QED) is 0.581. The number of carbonyl (C=O) groups excluding carboxylic acids is 1. The number of benzene rings is 1. The van der Waals surface area contributed by atoms with Crippen molar-refractivity contribution >= 4 is 23.2 Å². The molecule has 0 aliphatic heterocycles. The molecule has 0 aliphatic rings. The third-order valence-corrected chi connectivity index (χ3v) is 3.20. The van der Waals surface area contributed by atoms with Gasteiger partial charge in [0, 0.05) is 23.9 Å². The maximum atomic E-state index is 12.0.